The van der Waals surface area contributed by atoms with Crippen LogP contribution >= 0.6 is 0 Å². The summed E-state index contributed by atoms with van der Waals surface area (Å²) in [7, 11) is -5.95. The molecule has 8 nitrogen and oxygen atoms in total. The molecule has 1 N–H and O–H groups in total. The highest BCUT2D eigenvalue weighted by atomic mass is 32.2. The molecule has 4 aliphatic carbocycles. The van der Waals surface area contributed by atoms with E-state index < -0.39 is 38.8 Å². The van der Waals surface area contributed by atoms with Crippen molar-refractivity contribution < 1.29 is 45.6 Å². The van der Waals surface area contributed by atoms with Crippen LogP contribution in [0.3, 0.4) is 0 Å². The van der Waals surface area contributed by atoms with Crippen LogP contribution < -0.4 is 0 Å². The van der Waals surface area contributed by atoms with Gasteiger partial charge < -0.3 is 14.2 Å². The molecule has 11 heteroatoms. The predicted octanol–water partition coefficient (Wildman–Crippen LogP) is 4.25. The molecule has 198 valence electrons. The Bertz CT molecular complexity index is 953. The standard InChI is InChI=1S/C24H34F2O8S/c1-23(21(27)33-14-32-13-18-8-15-3-2-4-16(7-15)9-18)11-17-5-6-20(19(10-17)12-23)34-22(28)24(25,26)35(29,30)31/h12,15-18,20H,2-11,13-14H2,1H3,(H,29,30,31). The molecule has 0 heterocycles. The van der Waals surface area contributed by atoms with Gasteiger partial charge in [0.05, 0.1) is 12.0 Å². The minimum Gasteiger partial charge on any atom is -0.452 e. The molecule has 3 fully saturated rings. The molecule has 0 spiro atoms. The van der Waals surface area contributed by atoms with Crippen LogP contribution in [0, 0.1) is 29.1 Å². The number of esters is 2. The van der Waals surface area contributed by atoms with Gasteiger partial charge in [0.1, 0.15) is 6.10 Å². The first-order valence-electron chi connectivity index (χ1n) is 12.4. The van der Waals surface area contributed by atoms with E-state index in [0.717, 1.165) is 24.7 Å². The summed E-state index contributed by atoms with van der Waals surface area (Å²) in [5, 5.41) is -5.06. The van der Waals surface area contributed by atoms with Gasteiger partial charge in [0, 0.05) is 0 Å². The molecular formula is C24H34F2O8S. The number of carbonyl (C=O) groups excluding carboxylic acids is 2. The Hall–Kier alpha value is -1.59. The molecule has 0 saturated heterocycles. The van der Waals surface area contributed by atoms with Crippen molar-refractivity contribution in [3.8, 4) is 0 Å². The molecule has 3 saturated carbocycles. The average molecular weight is 521 g/mol. The fourth-order valence-corrected chi connectivity index (χ4v) is 6.85. The number of ether oxygens (including phenoxy) is 3. The molecule has 0 amide bonds. The van der Waals surface area contributed by atoms with E-state index in [1.54, 1.807) is 13.0 Å². The van der Waals surface area contributed by atoms with Crippen molar-refractivity contribution in [2.45, 2.75) is 82.5 Å². The number of carbonyl (C=O) groups is 2. The van der Waals surface area contributed by atoms with Gasteiger partial charge in [-0.05, 0) is 81.1 Å². The average Bonchev–Trinajstić information content (AvgIpc) is 2.77. The Labute approximate surface area is 204 Å². The first-order valence-corrected chi connectivity index (χ1v) is 13.8. The van der Waals surface area contributed by atoms with Crippen molar-refractivity contribution >= 4 is 22.1 Å². The van der Waals surface area contributed by atoms with E-state index >= 15 is 0 Å². The molecule has 5 unspecified atom stereocenters. The summed E-state index contributed by atoms with van der Waals surface area (Å²) in [6, 6.07) is 0. The van der Waals surface area contributed by atoms with E-state index in [9.17, 15) is 26.8 Å². The second-order valence-electron chi connectivity index (χ2n) is 11.0. The lowest BCUT2D eigenvalue weighted by Crippen LogP contribution is -2.43. The molecule has 0 aromatic heterocycles. The van der Waals surface area contributed by atoms with Gasteiger partial charge in [-0.15, -0.1) is 0 Å². The van der Waals surface area contributed by atoms with Crippen molar-refractivity contribution in [2.75, 3.05) is 13.4 Å². The summed E-state index contributed by atoms with van der Waals surface area (Å²) in [5.74, 6) is -0.710. The fraction of sp³-hybridized carbons (Fsp3) is 0.833. The van der Waals surface area contributed by atoms with Crippen LogP contribution in [0.5, 0.6) is 0 Å². The highest BCUT2D eigenvalue weighted by Crippen LogP contribution is 2.46. The van der Waals surface area contributed by atoms with Crippen LogP contribution in [0.25, 0.3) is 0 Å². The maximum Gasteiger partial charge on any atom is 0.465 e. The number of rotatable bonds is 8. The third kappa shape index (κ3) is 5.88. The van der Waals surface area contributed by atoms with Gasteiger partial charge in [-0.3, -0.25) is 9.35 Å². The van der Waals surface area contributed by atoms with Gasteiger partial charge in [0.25, 0.3) is 0 Å². The minimum absolute atomic E-state index is 0.0761. The van der Waals surface area contributed by atoms with Crippen molar-refractivity contribution in [1.82, 2.24) is 0 Å². The van der Waals surface area contributed by atoms with E-state index in [-0.39, 0.29) is 19.1 Å². The molecule has 5 atom stereocenters. The topological polar surface area (TPSA) is 116 Å². The first kappa shape index (κ1) is 26.5. The molecule has 0 aromatic carbocycles. The molecule has 4 bridgehead atoms. The molecule has 4 aliphatic rings. The number of alkyl halides is 2. The van der Waals surface area contributed by atoms with Crippen LogP contribution in [0.4, 0.5) is 8.78 Å². The highest BCUT2D eigenvalue weighted by Gasteiger charge is 2.55. The van der Waals surface area contributed by atoms with Crippen molar-refractivity contribution in [1.29, 1.82) is 0 Å². The number of halogens is 2. The zero-order valence-electron chi connectivity index (χ0n) is 19.9. The number of hydrogen-bond acceptors (Lipinski definition) is 7. The van der Waals surface area contributed by atoms with Crippen LogP contribution in [0.1, 0.15) is 71.1 Å². The van der Waals surface area contributed by atoms with E-state index in [1.807, 2.05) is 0 Å². The van der Waals surface area contributed by atoms with Crippen LogP contribution in [-0.2, 0) is 33.9 Å². The van der Waals surface area contributed by atoms with Gasteiger partial charge in [-0.2, -0.15) is 17.2 Å². The lowest BCUT2D eigenvalue weighted by molar-refractivity contribution is -0.169. The summed E-state index contributed by atoms with van der Waals surface area (Å²) >= 11 is 0. The Kier molecular flexibility index (Phi) is 7.60. The number of hydrogen-bond donors (Lipinski definition) is 1. The fourth-order valence-electron chi connectivity index (χ4n) is 6.59. The van der Waals surface area contributed by atoms with E-state index in [4.69, 9.17) is 18.8 Å². The van der Waals surface area contributed by atoms with Crippen LogP contribution in [0.2, 0.25) is 0 Å². The first-order chi connectivity index (χ1) is 16.4. The van der Waals surface area contributed by atoms with Gasteiger partial charge in [0.15, 0.2) is 6.79 Å². The predicted molar refractivity (Wildman–Crippen MR) is 120 cm³/mol. The van der Waals surface area contributed by atoms with E-state index in [2.05, 4.69) is 0 Å². The third-order valence-electron chi connectivity index (χ3n) is 8.12. The third-order valence-corrected chi connectivity index (χ3v) is 8.94. The SMILES string of the molecule is CC1(C(=O)OCOCC2CC3CCCC(C3)C2)C=C2CC(CCC2OC(=O)C(F)(F)S(=O)(=O)O)C1. The Balaban J connectivity index is 1.31. The van der Waals surface area contributed by atoms with Gasteiger partial charge in [-0.1, -0.05) is 25.3 Å². The summed E-state index contributed by atoms with van der Waals surface area (Å²) in [6.45, 7) is 2.08. The van der Waals surface area contributed by atoms with Crippen molar-refractivity contribution in [2.24, 2.45) is 29.1 Å². The minimum atomic E-state index is -5.95. The summed E-state index contributed by atoms with van der Waals surface area (Å²) in [6.07, 6.45) is 9.71. The van der Waals surface area contributed by atoms with Gasteiger partial charge >= 0.3 is 27.3 Å². The Morgan fingerprint density at radius 3 is 2.46 bits per heavy atom. The van der Waals surface area contributed by atoms with Crippen LogP contribution in [-0.4, -0.2) is 49.7 Å². The maximum absolute atomic E-state index is 13.6. The van der Waals surface area contributed by atoms with E-state index in [0.29, 0.717) is 37.4 Å². The van der Waals surface area contributed by atoms with E-state index in [1.165, 1.54) is 25.7 Å². The largest absolute Gasteiger partial charge is 0.465 e. The van der Waals surface area contributed by atoms with Crippen molar-refractivity contribution in [3.63, 3.8) is 0 Å². The normalized spacial score (nSPS) is 35.1. The molecule has 0 aliphatic heterocycles. The highest BCUT2D eigenvalue weighted by molar-refractivity contribution is 7.87. The molecule has 0 radical (unpaired) electrons. The van der Waals surface area contributed by atoms with Crippen LogP contribution in [0.15, 0.2) is 11.6 Å². The maximum atomic E-state index is 13.6. The molecule has 0 aromatic rings. The Morgan fingerprint density at radius 1 is 1.11 bits per heavy atom. The molecular weight excluding hydrogens is 486 g/mol. The Morgan fingerprint density at radius 2 is 1.80 bits per heavy atom. The summed E-state index contributed by atoms with van der Waals surface area (Å²) in [5.41, 5.74) is -0.568. The van der Waals surface area contributed by atoms with Gasteiger partial charge in [-0.25, -0.2) is 4.79 Å². The zero-order valence-corrected chi connectivity index (χ0v) is 20.7. The monoisotopic (exact) mass is 520 g/mol. The molecule has 35 heavy (non-hydrogen) atoms. The van der Waals surface area contributed by atoms with Gasteiger partial charge in [0.2, 0.25) is 0 Å². The second-order valence-corrected chi connectivity index (χ2v) is 12.5. The quantitative estimate of drug-likeness (QED) is 0.166. The molecule has 4 rings (SSSR count). The number of fused-ring (bicyclic) bond motifs is 4. The lowest BCUT2D eigenvalue weighted by atomic mass is 9.67. The zero-order chi connectivity index (χ0) is 25.4. The summed E-state index contributed by atoms with van der Waals surface area (Å²) < 4.78 is 73.4. The second kappa shape index (κ2) is 10.0. The summed E-state index contributed by atoms with van der Waals surface area (Å²) in [4.78, 5) is 24.7. The van der Waals surface area contributed by atoms with Crippen molar-refractivity contribution in [3.05, 3.63) is 11.6 Å². The smallest absolute Gasteiger partial charge is 0.452 e. The lowest BCUT2D eigenvalue weighted by Gasteiger charge is -2.41.